The van der Waals surface area contributed by atoms with Crippen LogP contribution < -0.4 is 10.2 Å². The number of nitrogens with zero attached hydrogens (tertiary/aromatic N) is 1. The molecule has 0 aliphatic heterocycles. The molecule has 0 amide bonds. The Bertz CT molecular complexity index is 1020. The Morgan fingerprint density at radius 3 is 1.86 bits per heavy atom. The lowest BCUT2D eigenvalue weighted by Gasteiger charge is -2.40. The summed E-state index contributed by atoms with van der Waals surface area (Å²) in [4.78, 5) is 2.56. The van der Waals surface area contributed by atoms with Gasteiger partial charge >= 0.3 is 0 Å². The number of benzene rings is 2. The molecule has 36 heavy (non-hydrogen) atoms. The molecule has 0 heterocycles. The van der Waals surface area contributed by atoms with Gasteiger partial charge in [-0.25, -0.2) is 0 Å². The largest absolute Gasteiger partial charge is 0.507 e. The van der Waals surface area contributed by atoms with Crippen LogP contribution in [0.4, 0.5) is 5.69 Å². The van der Waals surface area contributed by atoms with E-state index in [1.54, 1.807) is 0 Å². The maximum absolute atomic E-state index is 11.9. The van der Waals surface area contributed by atoms with Gasteiger partial charge in [-0.3, -0.25) is 0 Å². The van der Waals surface area contributed by atoms with Crippen molar-refractivity contribution in [1.29, 1.82) is 0 Å². The maximum Gasteiger partial charge on any atom is 0.123 e. The molecule has 1 N–H and O–H groups in total. The van der Waals surface area contributed by atoms with E-state index in [9.17, 15) is 5.11 Å². The molecule has 2 atom stereocenters. The molecule has 0 fully saturated rings. The third-order valence-electron chi connectivity index (χ3n) is 7.59. The van der Waals surface area contributed by atoms with Crippen LogP contribution in [0.1, 0.15) is 125 Å². The molecule has 0 radical (unpaired) electrons. The van der Waals surface area contributed by atoms with E-state index in [1.807, 2.05) is 0 Å². The Morgan fingerprint density at radius 2 is 1.42 bits per heavy atom. The third kappa shape index (κ3) is 6.48. The highest BCUT2D eigenvalue weighted by Gasteiger charge is 2.37. The Kier molecular flexibility index (Phi) is 9.78. The van der Waals surface area contributed by atoms with Gasteiger partial charge in [0.25, 0.3) is 0 Å². The van der Waals surface area contributed by atoms with Crippen molar-refractivity contribution in [2.24, 2.45) is 0 Å². The fourth-order valence-corrected chi connectivity index (χ4v) is 7.55. The highest BCUT2D eigenvalue weighted by molar-refractivity contribution is 7.49. The van der Waals surface area contributed by atoms with Gasteiger partial charge in [-0.15, -0.1) is 0 Å². The molecule has 0 saturated carbocycles. The van der Waals surface area contributed by atoms with Gasteiger partial charge in [0.15, 0.2) is 0 Å². The van der Waals surface area contributed by atoms with Crippen LogP contribution in [0.25, 0.3) is 0 Å². The topological polar surface area (TPSA) is 23.5 Å². The number of phenolic OH excluding ortho intramolecular Hbond substituents is 1. The normalized spacial score (nSPS) is 14.8. The standard InChI is InChI=1S/C33H54NOP/c1-14-19-33(15-2,27-21-25(31(8,9)10)20-26(29(27)35)32(11,12)13)36-30-24(7)17-16-18-28(30)34(22(3)4)23(5)6/h16-18,20-23,35-36H,14-15,19H2,1-13H3. The third-order valence-corrected chi connectivity index (χ3v) is 9.84. The van der Waals surface area contributed by atoms with E-state index in [4.69, 9.17) is 0 Å². The number of aromatic hydroxyl groups is 1. The zero-order chi connectivity index (χ0) is 27.6. The van der Waals surface area contributed by atoms with Crippen LogP contribution in [0.15, 0.2) is 30.3 Å². The van der Waals surface area contributed by atoms with Crippen molar-refractivity contribution in [2.75, 3.05) is 4.90 Å². The number of hydrogen-bond donors (Lipinski definition) is 1. The molecule has 0 aliphatic carbocycles. The lowest BCUT2D eigenvalue weighted by molar-refractivity contribution is 0.418. The Hall–Kier alpha value is -1.53. The first kappa shape index (κ1) is 30.7. The van der Waals surface area contributed by atoms with Gasteiger partial charge < -0.3 is 10.0 Å². The van der Waals surface area contributed by atoms with Crippen molar-refractivity contribution >= 4 is 19.6 Å². The highest BCUT2D eigenvalue weighted by Crippen LogP contribution is 2.54. The first-order chi connectivity index (χ1) is 16.5. The minimum absolute atomic E-state index is 0.0111. The van der Waals surface area contributed by atoms with Gasteiger partial charge in [-0.05, 0) is 86.4 Å². The molecule has 3 heteroatoms. The van der Waals surface area contributed by atoms with Gasteiger partial charge in [0.1, 0.15) is 5.75 Å². The molecule has 2 unspecified atom stereocenters. The van der Waals surface area contributed by atoms with Crippen molar-refractivity contribution < 1.29 is 5.11 Å². The van der Waals surface area contributed by atoms with Crippen LogP contribution in [0.3, 0.4) is 0 Å². The Labute approximate surface area is 225 Å². The van der Waals surface area contributed by atoms with E-state index in [2.05, 4.69) is 125 Å². The van der Waals surface area contributed by atoms with Crippen LogP contribution in [-0.4, -0.2) is 17.2 Å². The fourth-order valence-electron chi connectivity index (χ4n) is 5.57. The average Bonchev–Trinajstić information content (AvgIpc) is 2.73. The number of anilines is 1. The molecule has 2 aromatic rings. The number of hydrogen-bond acceptors (Lipinski definition) is 2. The zero-order valence-electron chi connectivity index (χ0n) is 25.6. The predicted molar refractivity (Wildman–Crippen MR) is 164 cm³/mol. The van der Waals surface area contributed by atoms with Crippen molar-refractivity contribution in [2.45, 2.75) is 137 Å². The van der Waals surface area contributed by atoms with E-state index in [0.717, 1.165) is 30.4 Å². The monoisotopic (exact) mass is 511 g/mol. The second-order valence-corrected chi connectivity index (χ2v) is 15.0. The Morgan fingerprint density at radius 1 is 0.861 bits per heavy atom. The van der Waals surface area contributed by atoms with Crippen LogP contribution in [0.2, 0.25) is 0 Å². The highest BCUT2D eigenvalue weighted by atomic mass is 31.1. The summed E-state index contributed by atoms with van der Waals surface area (Å²) in [6.07, 6.45) is 3.15. The van der Waals surface area contributed by atoms with Crippen molar-refractivity contribution in [3.05, 3.63) is 52.6 Å². The van der Waals surface area contributed by atoms with E-state index in [0.29, 0.717) is 26.4 Å². The summed E-state index contributed by atoms with van der Waals surface area (Å²) in [5.41, 5.74) is 6.13. The molecule has 0 saturated heterocycles. The van der Waals surface area contributed by atoms with Gasteiger partial charge in [0.2, 0.25) is 0 Å². The molecular formula is C33H54NOP. The molecule has 0 aromatic heterocycles. The molecule has 0 bridgehead atoms. The summed E-state index contributed by atoms with van der Waals surface area (Å²) in [6, 6.07) is 12.2. The minimum atomic E-state index is -0.130. The first-order valence-electron chi connectivity index (χ1n) is 14.0. The summed E-state index contributed by atoms with van der Waals surface area (Å²) in [5.74, 6) is 0.512. The van der Waals surface area contributed by atoms with Crippen LogP contribution >= 0.6 is 8.58 Å². The summed E-state index contributed by atoms with van der Waals surface area (Å²) in [7, 11) is 0.580. The lowest BCUT2D eigenvalue weighted by atomic mass is 9.76. The molecule has 2 aromatic carbocycles. The van der Waals surface area contributed by atoms with E-state index < -0.39 is 0 Å². The molecule has 0 aliphatic rings. The molecule has 2 nitrogen and oxygen atoms in total. The zero-order valence-corrected chi connectivity index (χ0v) is 26.6. The molecular weight excluding hydrogens is 457 g/mol. The van der Waals surface area contributed by atoms with E-state index in [-0.39, 0.29) is 16.0 Å². The van der Waals surface area contributed by atoms with Crippen LogP contribution in [0.5, 0.6) is 5.75 Å². The summed E-state index contributed by atoms with van der Waals surface area (Å²) < 4.78 is 0. The SMILES string of the molecule is CCCC(CC)(Pc1c(C)cccc1N(C(C)C)C(C)C)c1cc(C(C)(C)C)cc(C(C)(C)C)c1O. The smallest absolute Gasteiger partial charge is 0.123 e. The molecule has 2 rings (SSSR count). The van der Waals surface area contributed by atoms with Crippen molar-refractivity contribution in [3.63, 3.8) is 0 Å². The lowest BCUT2D eigenvalue weighted by Crippen LogP contribution is -2.40. The first-order valence-corrected chi connectivity index (χ1v) is 15.0. The van der Waals surface area contributed by atoms with E-state index >= 15 is 0 Å². The predicted octanol–water partition coefficient (Wildman–Crippen LogP) is 9.33. The number of phenols is 1. The second kappa shape index (κ2) is 11.5. The van der Waals surface area contributed by atoms with Crippen LogP contribution in [-0.2, 0) is 16.0 Å². The maximum atomic E-state index is 11.9. The van der Waals surface area contributed by atoms with Crippen molar-refractivity contribution in [1.82, 2.24) is 0 Å². The van der Waals surface area contributed by atoms with Gasteiger partial charge in [-0.2, -0.15) is 0 Å². The molecule has 0 spiro atoms. The number of rotatable bonds is 9. The Balaban J connectivity index is 2.91. The fraction of sp³-hybridized carbons (Fsp3) is 0.636. The van der Waals surface area contributed by atoms with Gasteiger partial charge in [0, 0.05) is 28.5 Å². The number of aryl methyl sites for hydroxylation is 1. The quantitative estimate of drug-likeness (QED) is 0.339. The average molecular weight is 512 g/mol. The molecule has 202 valence electrons. The van der Waals surface area contributed by atoms with Crippen LogP contribution in [0, 0.1) is 6.92 Å². The van der Waals surface area contributed by atoms with Gasteiger partial charge in [0.05, 0.1) is 0 Å². The minimum Gasteiger partial charge on any atom is -0.507 e. The summed E-state index contributed by atoms with van der Waals surface area (Å²) in [6.45, 7) is 29.6. The summed E-state index contributed by atoms with van der Waals surface area (Å²) >= 11 is 0. The van der Waals surface area contributed by atoms with Crippen molar-refractivity contribution in [3.8, 4) is 5.75 Å². The summed E-state index contributed by atoms with van der Waals surface area (Å²) in [5, 5.41) is 13.2. The van der Waals surface area contributed by atoms with E-state index in [1.165, 1.54) is 22.1 Å². The van der Waals surface area contributed by atoms with Gasteiger partial charge in [-0.1, -0.05) is 94.7 Å². The second-order valence-electron chi connectivity index (χ2n) is 13.3.